The average Bonchev–Trinajstić information content (AvgIpc) is 2.91. The van der Waals surface area contributed by atoms with Crippen molar-refractivity contribution in [2.24, 2.45) is 0 Å². The summed E-state index contributed by atoms with van der Waals surface area (Å²) in [6, 6.07) is 9.72. The van der Waals surface area contributed by atoms with Gasteiger partial charge in [-0.05, 0) is 5.56 Å². The smallest absolute Gasteiger partial charge is 0.350 e. The minimum atomic E-state index is -0.285. The third-order valence-electron chi connectivity index (χ3n) is 3.38. The van der Waals surface area contributed by atoms with Crippen molar-refractivity contribution in [1.82, 2.24) is 4.98 Å². The van der Waals surface area contributed by atoms with E-state index in [2.05, 4.69) is 41.5 Å². The Bertz CT molecular complexity index is 676. The highest BCUT2D eigenvalue weighted by atomic mass is 32.1. The molecule has 0 unspecified atom stereocenters. The molecule has 0 bridgehead atoms. The van der Waals surface area contributed by atoms with Crippen molar-refractivity contribution < 1.29 is 9.53 Å². The van der Waals surface area contributed by atoms with E-state index in [1.807, 2.05) is 30.3 Å². The van der Waals surface area contributed by atoms with Crippen LogP contribution in [0.25, 0.3) is 0 Å². The van der Waals surface area contributed by atoms with E-state index in [4.69, 9.17) is 9.72 Å². The number of aromatic nitrogens is 1. The molecule has 0 radical (unpaired) electrons. The molecule has 3 nitrogen and oxygen atoms in total. The van der Waals surface area contributed by atoms with Crippen LogP contribution in [0, 0.1) is 0 Å². The molecule has 0 saturated heterocycles. The zero-order valence-corrected chi connectivity index (χ0v) is 15.6. The summed E-state index contributed by atoms with van der Waals surface area (Å²) in [6.07, 6.45) is 0. The molecule has 1 aromatic heterocycles. The SMILES string of the molecule is CC(C)(C)c1nc(C(C)(C)C)c(C(=O)OCc2ccccc2)s1. The van der Waals surface area contributed by atoms with Gasteiger partial charge in [0.25, 0.3) is 0 Å². The molecule has 0 N–H and O–H groups in total. The minimum absolute atomic E-state index is 0.0807. The first-order valence-electron chi connectivity index (χ1n) is 7.82. The van der Waals surface area contributed by atoms with Gasteiger partial charge in [-0.2, -0.15) is 0 Å². The Labute approximate surface area is 142 Å². The van der Waals surface area contributed by atoms with E-state index in [-0.39, 0.29) is 23.4 Å². The Morgan fingerprint density at radius 1 is 1.04 bits per heavy atom. The van der Waals surface area contributed by atoms with Gasteiger partial charge in [-0.1, -0.05) is 71.9 Å². The standard InChI is InChI=1S/C19H25NO2S/c1-18(2,3)15-14(23-17(20-15)19(4,5)6)16(21)22-12-13-10-8-7-9-11-13/h7-11H,12H2,1-6H3. The number of carbonyl (C=O) groups excluding carboxylic acids is 1. The van der Waals surface area contributed by atoms with Crippen molar-refractivity contribution in [2.45, 2.75) is 59.0 Å². The van der Waals surface area contributed by atoms with Gasteiger partial charge in [-0.15, -0.1) is 11.3 Å². The first-order valence-corrected chi connectivity index (χ1v) is 8.63. The Balaban J connectivity index is 2.26. The lowest BCUT2D eigenvalue weighted by Gasteiger charge is -2.18. The summed E-state index contributed by atoms with van der Waals surface area (Å²) < 4.78 is 5.51. The lowest BCUT2D eigenvalue weighted by atomic mass is 9.91. The largest absolute Gasteiger partial charge is 0.457 e. The molecule has 0 aliphatic heterocycles. The van der Waals surface area contributed by atoms with E-state index in [1.165, 1.54) is 11.3 Å². The maximum absolute atomic E-state index is 12.6. The number of hydrogen-bond acceptors (Lipinski definition) is 4. The van der Waals surface area contributed by atoms with Crippen LogP contribution in [-0.2, 0) is 22.2 Å². The summed E-state index contributed by atoms with van der Waals surface area (Å²) in [7, 11) is 0. The van der Waals surface area contributed by atoms with Gasteiger partial charge in [0, 0.05) is 10.8 Å². The van der Waals surface area contributed by atoms with Crippen LogP contribution in [0.15, 0.2) is 30.3 Å². The van der Waals surface area contributed by atoms with E-state index in [0.29, 0.717) is 4.88 Å². The molecule has 1 heterocycles. The third-order valence-corrected chi connectivity index (χ3v) is 4.84. The fourth-order valence-electron chi connectivity index (χ4n) is 2.08. The van der Waals surface area contributed by atoms with Gasteiger partial charge in [0.2, 0.25) is 0 Å². The van der Waals surface area contributed by atoms with E-state index in [1.54, 1.807) is 0 Å². The van der Waals surface area contributed by atoms with Crippen molar-refractivity contribution in [3.05, 3.63) is 51.5 Å². The first-order chi connectivity index (χ1) is 10.6. The molecule has 4 heteroatoms. The summed E-state index contributed by atoms with van der Waals surface area (Å²) in [5.41, 5.74) is 1.54. The monoisotopic (exact) mass is 331 g/mol. The number of hydrogen-bond donors (Lipinski definition) is 0. The number of thiazole rings is 1. The topological polar surface area (TPSA) is 39.2 Å². The zero-order chi connectivity index (χ0) is 17.3. The van der Waals surface area contributed by atoms with Gasteiger partial charge in [-0.25, -0.2) is 9.78 Å². The number of esters is 1. The number of ether oxygens (including phenoxy) is 1. The Kier molecular flexibility index (Phi) is 4.95. The molecule has 0 saturated carbocycles. The van der Waals surface area contributed by atoms with Crippen molar-refractivity contribution >= 4 is 17.3 Å². The molecule has 0 fully saturated rings. The number of carbonyl (C=O) groups is 1. The fourth-order valence-corrected chi connectivity index (χ4v) is 3.30. The second-order valence-electron chi connectivity index (χ2n) is 7.76. The summed E-state index contributed by atoms with van der Waals surface area (Å²) >= 11 is 1.45. The molecule has 124 valence electrons. The van der Waals surface area contributed by atoms with Crippen molar-refractivity contribution in [3.8, 4) is 0 Å². The number of benzene rings is 1. The first kappa shape index (κ1) is 17.7. The molecule has 1 aromatic carbocycles. The molecular formula is C19H25NO2S. The lowest BCUT2D eigenvalue weighted by Crippen LogP contribution is -2.18. The molecule has 23 heavy (non-hydrogen) atoms. The molecule has 2 aromatic rings. The van der Waals surface area contributed by atoms with Gasteiger partial charge >= 0.3 is 5.97 Å². The van der Waals surface area contributed by atoms with Crippen LogP contribution in [0.3, 0.4) is 0 Å². The zero-order valence-electron chi connectivity index (χ0n) is 14.8. The van der Waals surface area contributed by atoms with Gasteiger partial charge < -0.3 is 4.74 Å². The van der Waals surface area contributed by atoms with Crippen molar-refractivity contribution in [2.75, 3.05) is 0 Å². The molecule has 0 spiro atoms. The van der Waals surface area contributed by atoms with Crippen LogP contribution in [0.2, 0.25) is 0 Å². The molecule has 0 aliphatic rings. The Morgan fingerprint density at radius 3 is 2.17 bits per heavy atom. The van der Waals surface area contributed by atoms with E-state index in [0.717, 1.165) is 16.3 Å². The quantitative estimate of drug-likeness (QED) is 0.735. The van der Waals surface area contributed by atoms with E-state index < -0.39 is 0 Å². The van der Waals surface area contributed by atoms with Gasteiger partial charge in [0.15, 0.2) is 0 Å². The summed E-state index contributed by atoms with van der Waals surface area (Å²) in [6.45, 7) is 12.8. The van der Waals surface area contributed by atoms with E-state index >= 15 is 0 Å². The predicted molar refractivity (Wildman–Crippen MR) is 95.1 cm³/mol. The molecule has 0 atom stereocenters. The van der Waals surface area contributed by atoms with Crippen LogP contribution < -0.4 is 0 Å². The van der Waals surface area contributed by atoms with Gasteiger partial charge in [0.1, 0.15) is 11.5 Å². The van der Waals surface area contributed by atoms with Gasteiger partial charge in [0.05, 0.1) is 10.7 Å². The molecular weight excluding hydrogens is 306 g/mol. The second kappa shape index (κ2) is 6.44. The van der Waals surface area contributed by atoms with Crippen LogP contribution in [-0.4, -0.2) is 11.0 Å². The molecule has 0 aliphatic carbocycles. The number of nitrogens with zero attached hydrogens (tertiary/aromatic N) is 1. The predicted octanol–water partition coefficient (Wildman–Crippen LogP) is 5.10. The maximum atomic E-state index is 12.6. The average molecular weight is 331 g/mol. The highest BCUT2D eigenvalue weighted by molar-refractivity contribution is 7.13. The van der Waals surface area contributed by atoms with Crippen LogP contribution in [0.5, 0.6) is 0 Å². The highest BCUT2D eigenvalue weighted by Crippen LogP contribution is 2.35. The fraction of sp³-hybridized carbons (Fsp3) is 0.474. The minimum Gasteiger partial charge on any atom is -0.457 e. The lowest BCUT2D eigenvalue weighted by molar-refractivity contribution is 0.0475. The van der Waals surface area contributed by atoms with Crippen LogP contribution >= 0.6 is 11.3 Å². The molecule has 0 amide bonds. The van der Waals surface area contributed by atoms with Crippen molar-refractivity contribution in [1.29, 1.82) is 0 Å². The Morgan fingerprint density at radius 2 is 1.65 bits per heavy atom. The van der Waals surface area contributed by atoms with Crippen molar-refractivity contribution in [3.63, 3.8) is 0 Å². The Hall–Kier alpha value is -1.68. The third kappa shape index (κ3) is 4.41. The normalized spacial score (nSPS) is 12.3. The summed E-state index contributed by atoms with van der Waals surface area (Å²) in [5, 5.41) is 0.967. The highest BCUT2D eigenvalue weighted by Gasteiger charge is 2.31. The maximum Gasteiger partial charge on any atom is 0.350 e. The second-order valence-corrected chi connectivity index (χ2v) is 8.76. The number of rotatable bonds is 3. The van der Waals surface area contributed by atoms with Crippen LogP contribution in [0.4, 0.5) is 0 Å². The van der Waals surface area contributed by atoms with E-state index in [9.17, 15) is 4.79 Å². The molecule has 2 rings (SSSR count). The summed E-state index contributed by atoms with van der Waals surface area (Å²) in [4.78, 5) is 17.9. The van der Waals surface area contributed by atoms with Crippen LogP contribution in [0.1, 0.15) is 67.5 Å². The summed E-state index contributed by atoms with van der Waals surface area (Å²) in [5.74, 6) is -0.285. The van der Waals surface area contributed by atoms with Gasteiger partial charge in [-0.3, -0.25) is 0 Å².